The highest BCUT2D eigenvalue weighted by Gasteiger charge is 2.38. The quantitative estimate of drug-likeness (QED) is 0.409. The van der Waals surface area contributed by atoms with Gasteiger partial charge in [0.1, 0.15) is 17.7 Å². The first kappa shape index (κ1) is 28.4. The highest BCUT2D eigenvalue weighted by atomic mass is 16.6. The number of benzene rings is 2. The van der Waals surface area contributed by atoms with Crippen LogP contribution in [0.3, 0.4) is 0 Å². The van der Waals surface area contributed by atoms with Crippen molar-refractivity contribution in [1.82, 2.24) is 10.2 Å². The summed E-state index contributed by atoms with van der Waals surface area (Å²) in [6.45, 7) is 14.4. The van der Waals surface area contributed by atoms with Gasteiger partial charge >= 0.3 is 6.09 Å². The molecule has 0 radical (unpaired) electrons. The van der Waals surface area contributed by atoms with Crippen molar-refractivity contribution in [2.45, 2.75) is 73.1 Å². The molecule has 36 heavy (non-hydrogen) atoms. The number of ether oxygens (including phenoxy) is 1. The molecule has 0 spiro atoms. The number of nitrogens with one attached hydrogen (secondary N) is 2. The highest BCUT2D eigenvalue weighted by Crippen LogP contribution is 2.30. The summed E-state index contributed by atoms with van der Waals surface area (Å²) in [5.74, 6) is -1.35. The molecule has 0 bridgehead atoms. The van der Waals surface area contributed by atoms with Crippen LogP contribution in [0.1, 0.15) is 62.9 Å². The molecule has 0 heterocycles. The lowest BCUT2D eigenvalue weighted by Gasteiger charge is -2.33. The number of anilines is 1. The summed E-state index contributed by atoms with van der Waals surface area (Å²) in [6, 6.07) is 13.3. The Morgan fingerprint density at radius 2 is 1.50 bits per heavy atom. The van der Waals surface area contributed by atoms with Gasteiger partial charge in [-0.15, -0.1) is 0 Å². The zero-order chi connectivity index (χ0) is 27.2. The second-order valence-corrected chi connectivity index (χ2v) is 10.2. The van der Waals surface area contributed by atoms with E-state index in [0.717, 1.165) is 21.6 Å². The van der Waals surface area contributed by atoms with Gasteiger partial charge < -0.3 is 15.4 Å². The predicted molar refractivity (Wildman–Crippen MR) is 142 cm³/mol. The van der Waals surface area contributed by atoms with Gasteiger partial charge in [-0.25, -0.2) is 4.79 Å². The van der Waals surface area contributed by atoms with Crippen LogP contribution in [0.5, 0.6) is 0 Å². The van der Waals surface area contributed by atoms with Gasteiger partial charge in [0, 0.05) is 11.7 Å². The molecule has 2 N–H and O–H groups in total. The Morgan fingerprint density at radius 1 is 0.944 bits per heavy atom. The third-order valence-electron chi connectivity index (χ3n) is 5.71. The van der Waals surface area contributed by atoms with Crippen molar-refractivity contribution in [2.75, 3.05) is 5.32 Å². The number of para-hydroxylation sites is 1. The molecule has 0 aromatic heterocycles. The van der Waals surface area contributed by atoms with Crippen molar-refractivity contribution in [3.05, 3.63) is 64.7 Å². The Balaban J connectivity index is 2.54. The number of carbonyl (C=O) groups excluding carboxylic acids is 3. The summed E-state index contributed by atoms with van der Waals surface area (Å²) in [4.78, 5) is 41.2. The third-order valence-corrected chi connectivity index (χ3v) is 5.71. The molecule has 192 valence electrons. The van der Waals surface area contributed by atoms with Crippen molar-refractivity contribution in [3.8, 4) is 12.5 Å². The van der Waals surface area contributed by atoms with Crippen LogP contribution in [0.2, 0.25) is 0 Å². The fourth-order valence-electron chi connectivity index (χ4n) is 3.91. The maximum atomic E-state index is 13.8. The Hall–Kier alpha value is -3.79. The third kappa shape index (κ3) is 7.11. The molecular weight excluding hydrogens is 454 g/mol. The molecule has 2 unspecified atom stereocenters. The maximum Gasteiger partial charge on any atom is 0.408 e. The Morgan fingerprint density at radius 3 is 2.00 bits per heavy atom. The lowest BCUT2D eigenvalue weighted by Crippen LogP contribution is -2.53. The first-order valence-corrected chi connectivity index (χ1v) is 12.0. The van der Waals surface area contributed by atoms with Crippen LogP contribution in [0.4, 0.5) is 10.5 Å². The van der Waals surface area contributed by atoms with Crippen molar-refractivity contribution in [1.29, 1.82) is 0 Å². The minimum atomic E-state index is -1.12. The lowest BCUT2D eigenvalue weighted by molar-refractivity contribution is -0.137. The number of terminal acetylenes is 1. The predicted octanol–water partition coefficient (Wildman–Crippen LogP) is 5.26. The van der Waals surface area contributed by atoms with Crippen LogP contribution in [-0.4, -0.2) is 34.5 Å². The minimum absolute atomic E-state index is 0.320. The number of hydrogen-bond donors (Lipinski definition) is 2. The van der Waals surface area contributed by atoms with E-state index in [1.807, 2.05) is 57.2 Å². The summed E-state index contributed by atoms with van der Waals surface area (Å²) in [5.41, 5.74) is 3.01. The van der Waals surface area contributed by atoms with Crippen LogP contribution >= 0.6 is 0 Å². The fourth-order valence-corrected chi connectivity index (χ4v) is 3.91. The molecule has 7 nitrogen and oxygen atoms in total. The van der Waals surface area contributed by atoms with Crippen LogP contribution < -0.4 is 10.6 Å². The molecule has 2 rings (SSSR count). The van der Waals surface area contributed by atoms with Crippen molar-refractivity contribution < 1.29 is 19.1 Å². The van der Waals surface area contributed by atoms with Gasteiger partial charge in [0.25, 0.3) is 11.8 Å². The van der Waals surface area contributed by atoms with Gasteiger partial charge in [-0.05, 0) is 75.8 Å². The van der Waals surface area contributed by atoms with E-state index in [0.29, 0.717) is 11.3 Å². The first-order chi connectivity index (χ1) is 16.8. The van der Waals surface area contributed by atoms with E-state index in [2.05, 4.69) is 16.7 Å². The molecule has 3 amide bonds. The average Bonchev–Trinajstić information content (AvgIpc) is 2.76. The van der Waals surface area contributed by atoms with Crippen molar-refractivity contribution in [2.24, 2.45) is 5.92 Å². The molecule has 0 saturated heterocycles. The molecule has 7 heteroatoms. The second kappa shape index (κ2) is 11.8. The summed E-state index contributed by atoms with van der Waals surface area (Å²) < 4.78 is 5.35. The molecular formula is C29H37N3O4. The molecule has 2 aromatic carbocycles. The fraction of sp³-hybridized carbons (Fsp3) is 0.414. The SMILES string of the molecule is C#CN(C(=O)C(NC(=O)OC(C)(C)C)C(C)C)C(C(=O)Nc1ccccc1C)c1c(C)cccc1C. The average molecular weight is 492 g/mol. The van der Waals surface area contributed by atoms with Crippen LogP contribution in [0.25, 0.3) is 0 Å². The second-order valence-electron chi connectivity index (χ2n) is 10.2. The van der Waals surface area contributed by atoms with E-state index in [-0.39, 0.29) is 5.92 Å². The summed E-state index contributed by atoms with van der Waals surface area (Å²) in [7, 11) is 0. The van der Waals surface area contributed by atoms with Crippen molar-refractivity contribution in [3.63, 3.8) is 0 Å². The molecule has 0 aliphatic heterocycles. The van der Waals surface area contributed by atoms with Crippen molar-refractivity contribution >= 4 is 23.6 Å². The molecule has 2 aromatic rings. The number of aryl methyl sites for hydroxylation is 3. The topological polar surface area (TPSA) is 87.7 Å². The summed E-state index contributed by atoms with van der Waals surface area (Å²) in [5, 5.41) is 5.57. The molecule has 2 atom stereocenters. The first-order valence-electron chi connectivity index (χ1n) is 12.0. The molecule has 0 saturated carbocycles. The smallest absolute Gasteiger partial charge is 0.408 e. The number of carbonyl (C=O) groups is 3. The summed E-state index contributed by atoms with van der Waals surface area (Å²) in [6.07, 6.45) is 5.14. The van der Waals surface area contributed by atoms with Gasteiger partial charge in [0.2, 0.25) is 0 Å². The van der Waals surface area contributed by atoms with Crippen LogP contribution in [-0.2, 0) is 14.3 Å². The Labute approximate surface area is 214 Å². The van der Waals surface area contributed by atoms with E-state index in [9.17, 15) is 14.4 Å². The number of hydrogen-bond acceptors (Lipinski definition) is 4. The molecule has 0 fully saturated rings. The minimum Gasteiger partial charge on any atom is -0.444 e. The zero-order valence-corrected chi connectivity index (χ0v) is 22.4. The Kier molecular flexibility index (Phi) is 9.29. The Bertz CT molecular complexity index is 1140. The van der Waals surface area contributed by atoms with Crippen LogP contribution in [0, 0.1) is 39.2 Å². The van der Waals surface area contributed by atoms with Crippen LogP contribution in [0.15, 0.2) is 42.5 Å². The van der Waals surface area contributed by atoms with E-state index >= 15 is 0 Å². The van der Waals surface area contributed by atoms with Gasteiger partial charge in [-0.2, -0.15) is 0 Å². The van der Waals surface area contributed by atoms with E-state index < -0.39 is 35.6 Å². The number of amides is 3. The number of nitrogens with zero attached hydrogens (tertiary/aromatic N) is 1. The maximum absolute atomic E-state index is 13.8. The number of alkyl carbamates (subject to hydrolysis) is 1. The standard InChI is InChI=1S/C29H37N3O4/c1-10-32(27(34)24(18(2)3)31-28(35)36-29(7,8)9)25(23-20(5)15-13-16-21(23)6)26(33)30-22-17-12-11-14-19(22)4/h1,11-18,24-25H,2-9H3,(H,30,33)(H,31,35). The normalized spacial score (nSPS) is 12.8. The number of rotatable bonds is 7. The van der Waals surface area contributed by atoms with E-state index in [4.69, 9.17) is 11.2 Å². The lowest BCUT2D eigenvalue weighted by atomic mass is 9.93. The van der Waals surface area contributed by atoms with Gasteiger partial charge in [-0.3, -0.25) is 14.5 Å². The van der Waals surface area contributed by atoms with Gasteiger partial charge in [0.05, 0.1) is 0 Å². The van der Waals surface area contributed by atoms with E-state index in [1.165, 1.54) is 0 Å². The molecule has 0 aliphatic rings. The molecule has 0 aliphatic carbocycles. The van der Waals surface area contributed by atoms with Gasteiger partial charge in [-0.1, -0.05) is 56.7 Å². The van der Waals surface area contributed by atoms with Gasteiger partial charge in [0.15, 0.2) is 0 Å². The zero-order valence-electron chi connectivity index (χ0n) is 22.4. The monoisotopic (exact) mass is 491 g/mol. The summed E-state index contributed by atoms with van der Waals surface area (Å²) >= 11 is 0. The van der Waals surface area contributed by atoms with E-state index in [1.54, 1.807) is 40.7 Å². The largest absolute Gasteiger partial charge is 0.444 e. The highest BCUT2D eigenvalue weighted by molar-refractivity contribution is 6.00.